The highest BCUT2D eigenvalue weighted by atomic mass is 19.1. The van der Waals surface area contributed by atoms with Crippen LogP contribution in [0.15, 0.2) is 72.8 Å². The Morgan fingerprint density at radius 3 is 2.19 bits per heavy atom. The Morgan fingerprint density at radius 1 is 0.806 bits per heavy atom. The molecule has 5 nitrogen and oxygen atoms in total. The predicted octanol–water partition coefficient (Wildman–Crippen LogP) is 4.49. The van der Waals surface area contributed by atoms with Gasteiger partial charge in [-0.05, 0) is 66.9 Å². The SMILES string of the molecule is Cc1ccc(N2C(=O)[C@@H]3[C@H](ON(c4ccccc4)[C@@H]3c3ccc(F)cc3)C2=O)cc1C. The first kappa shape index (κ1) is 19.5. The Hall–Kier alpha value is -3.51. The van der Waals surface area contributed by atoms with Gasteiger partial charge in [-0.3, -0.25) is 14.4 Å². The van der Waals surface area contributed by atoms with Crippen LogP contribution >= 0.6 is 0 Å². The van der Waals surface area contributed by atoms with Crippen molar-refractivity contribution in [2.45, 2.75) is 26.0 Å². The van der Waals surface area contributed by atoms with E-state index in [0.717, 1.165) is 16.8 Å². The lowest BCUT2D eigenvalue weighted by Gasteiger charge is -2.28. The molecule has 0 unspecified atom stereocenters. The Kier molecular flexibility index (Phi) is 4.59. The van der Waals surface area contributed by atoms with Crippen molar-refractivity contribution in [3.63, 3.8) is 0 Å². The molecule has 0 bridgehead atoms. The third-order valence-corrected chi connectivity index (χ3v) is 6.09. The maximum absolute atomic E-state index is 13.6. The number of amides is 2. The van der Waals surface area contributed by atoms with Gasteiger partial charge >= 0.3 is 0 Å². The minimum absolute atomic E-state index is 0.314. The number of carbonyl (C=O) groups is 2. The van der Waals surface area contributed by atoms with E-state index in [0.29, 0.717) is 11.3 Å². The highest BCUT2D eigenvalue weighted by Crippen LogP contribution is 2.47. The second kappa shape index (κ2) is 7.32. The monoisotopic (exact) mass is 416 g/mol. The van der Waals surface area contributed by atoms with Gasteiger partial charge in [-0.1, -0.05) is 36.4 Å². The molecule has 5 rings (SSSR count). The van der Waals surface area contributed by atoms with Crippen LogP contribution in [0.2, 0.25) is 0 Å². The highest BCUT2D eigenvalue weighted by Gasteiger charge is 2.60. The molecule has 0 spiro atoms. The maximum atomic E-state index is 13.6. The van der Waals surface area contributed by atoms with Crippen molar-refractivity contribution in [1.29, 1.82) is 0 Å². The van der Waals surface area contributed by atoms with Crippen molar-refractivity contribution >= 4 is 23.2 Å². The van der Waals surface area contributed by atoms with E-state index in [2.05, 4.69) is 0 Å². The predicted molar refractivity (Wildman–Crippen MR) is 115 cm³/mol. The molecule has 2 amide bonds. The van der Waals surface area contributed by atoms with Crippen LogP contribution < -0.4 is 9.96 Å². The van der Waals surface area contributed by atoms with Gasteiger partial charge in [0.25, 0.3) is 5.91 Å². The van der Waals surface area contributed by atoms with Crippen LogP contribution in [0.25, 0.3) is 0 Å². The Morgan fingerprint density at radius 2 is 1.52 bits per heavy atom. The number of hydrogen-bond donors (Lipinski definition) is 0. The van der Waals surface area contributed by atoms with Crippen LogP contribution in [0.4, 0.5) is 15.8 Å². The van der Waals surface area contributed by atoms with E-state index in [-0.39, 0.29) is 17.6 Å². The van der Waals surface area contributed by atoms with Crippen LogP contribution in [-0.2, 0) is 14.4 Å². The van der Waals surface area contributed by atoms with Gasteiger partial charge in [0.05, 0.1) is 17.4 Å². The van der Waals surface area contributed by atoms with Gasteiger partial charge in [-0.2, -0.15) is 0 Å². The summed E-state index contributed by atoms with van der Waals surface area (Å²) in [5, 5.41) is 1.61. The van der Waals surface area contributed by atoms with Crippen molar-refractivity contribution < 1.29 is 18.8 Å². The highest BCUT2D eigenvalue weighted by molar-refractivity contribution is 6.24. The lowest BCUT2D eigenvalue weighted by molar-refractivity contribution is -0.126. The van der Waals surface area contributed by atoms with Gasteiger partial charge in [0.15, 0.2) is 6.10 Å². The molecule has 3 aromatic carbocycles. The molecule has 3 atom stereocenters. The van der Waals surface area contributed by atoms with Crippen LogP contribution in [0.3, 0.4) is 0 Å². The summed E-state index contributed by atoms with van der Waals surface area (Å²) in [6.07, 6.45) is -0.940. The van der Waals surface area contributed by atoms with E-state index >= 15 is 0 Å². The number of imide groups is 1. The number of hydrogen-bond acceptors (Lipinski definition) is 4. The number of rotatable bonds is 3. The molecule has 2 heterocycles. The number of anilines is 2. The lowest BCUT2D eigenvalue weighted by Crippen LogP contribution is -2.37. The summed E-state index contributed by atoms with van der Waals surface area (Å²) in [6.45, 7) is 3.92. The molecule has 6 heteroatoms. The number of aryl methyl sites for hydroxylation is 2. The molecular weight excluding hydrogens is 395 g/mol. The van der Waals surface area contributed by atoms with E-state index in [4.69, 9.17) is 4.84 Å². The third-order valence-electron chi connectivity index (χ3n) is 6.09. The summed E-state index contributed by atoms with van der Waals surface area (Å²) in [5.41, 5.74) is 4.06. The standard InChI is InChI=1S/C25H21FN2O3/c1-15-8-13-20(14-16(15)2)27-24(29)21-22(17-9-11-18(26)12-10-17)28(31-23(21)25(27)30)19-6-4-3-5-7-19/h3-14,21-23H,1-2H3/t21-,22+,23-/m0/s1. The molecule has 3 aromatic rings. The summed E-state index contributed by atoms with van der Waals surface area (Å²) < 4.78 is 13.6. The van der Waals surface area contributed by atoms with Crippen LogP contribution in [0, 0.1) is 25.6 Å². The molecule has 2 fully saturated rings. The maximum Gasteiger partial charge on any atom is 0.266 e. The number of fused-ring (bicyclic) bond motifs is 1. The van der Waals surface area contributed by atoms with Gasteiger partial charge in [-0.15, -0.1) is 0 Å². The fraction of sp³-hybridized carbons (Fsp3) is 0.200. The van der Waals surface area contributed by atoms with Gasteiger partial charge in [-0.25, -0.2) is 14.4 Å². The van der Waals surface area contributed by atoms with Crippen molar-refractivity contribution in [3.8, 4) is 0 Å². The summed E-state index contributed by atoms with van der Waals surface area (Å²) in [7, 11) is 0. The minimum Gasteiger partial charge on any atom is -0.273 e. The molecular formula is C25H21FN2O3. The van der Waals surface area contributed by atoms with Crippen molar-refractivity contribution in [2.75, 3.05) is 9.96 Å². The first-order valence-corrected chi connectivity index (χ1v) is 10.2. The number of halogens is 1. The molecule has 2 aliphatic heterocycles. The summed E-state index contributed by atoms with van der Waals surface area (Å²) in [5.74, 6) is -1.80. The minimum atomic E-state index is -0.940. The molecule has 2 saturated heterocycles. The first-order chi connectivity index (χ1) is 15.0. The summed E-state index contributed by atoms with van der Waals surface area (Å²) in [6, 6.07) is 20.3. The van der Waals surface area contributed by atoms with Crippen molar-refractivity contribution in [3.05, 3.63) is 95.3 Å². The van der Waals surface area contributed by atoms with E-state index in [1.807, 2.05) is 56.3 Å². The smallest absolute Gasteiger partial charge is 0.266 e. The van der Waals surface area contributed by atoms with Crippen molar-refractivity contribution in [2.24, 2.45) is 5.92 Å². The second-order valence-corrected chi connectivity index (χ2v) is 7.99. The molecule has 156 valence electrons. The average molecular weight is 416 g/mol. The van der Waals surface area contributed by atoms with E-state index in [1.54, 1.807) is 23.3 Å². The normalized spacial score (nSPS) is 22.9. The zero-order chi connectivity index (χ0) is 21.7. The number of benzene rings is 3. The largest absolute Gasteiger partial charge is 0.273 e. The molecule has 0 saturated carbocycles. The van der Waals surface area contributed by atoms with Crippen LogP contribution in [0.5, 0.6) is 0 Å². The summed E-state index contributed by atoms with van der Waals surface area (Å²) in [4.78, 5) is 34.1. The molecule has 31 heavy (non-hydrogen) atoms. The molecule has 0 aromatic heterocycles. The van der Waals surface area contributed by atoms with Gasteiger partial charge in [0.1, 0.15) is 11.7 Å². The number of para-hydroxylation sites is 1. The lowest BCUT2D eigenvalue weighted by atomic mass is 9.90. The van der Waals surface area contributed by atoms with E-state index in [1.165, 1.54) is 17.0 Å². The summed E-state index contributed by atoms with van der Waals surface area (Å²) >= 11 is 0. The molecule has 0 radical (unpaired) electrons. The number of nitrogens with zero attached hydrogens (tertiary/aromatic N) is 2. The molecule has 2 aliphatic rings. The zero-order valence-corrected chi connectivity index (χ0v) is 17.2. The average Bonchev–Trinajstić information content (AvgIpc) is 3.28. The fourth-order valence-corrected chi connectivity index (χ4v) is 4.33. The zero-order valence-electron chi connectivity index (χ0n) is 17.2. The van der Waals surface area contributed by atoms with E-state index < -0.39 is 18.1 Å². The first-order valence-electron chi connectivity index (χ1n) is 10.2. The molecule has 0 N–H and O–H groups in total. The van der Waals surface area contributed by atoms with Crippen LogP contribution in [-0.4, -0.2) is 17.9 Å². The Balaban J connectivity index is 1.58. The van der Waals surface area contributed by atoms with Crippen LogP contribution in [0.1, 0.15) is 22.7 Å². The third kappa shape index (κ3) is 3.11. The topological polar surface area (TPSA) is 49.9 Å². The van der Waals surface area contributed by atoms with Gasteiger partial charge in [0, 0.05) is 0 Å². The number of hydroxylamine groups is 1. The quantitative estimate of drug-likeness (QED) is 0.590. The van der Waals surface area contributed by atoms with E-state index in [9.17, 15) is 14.0 Å². The Bertz CT molecular complexity index is 1160. The fourth-order valence-electron chi connectivity index (χ4n) is 4.33. The Labute approximate surface area is 179 Å². The van der Waals surface area contributed by atoms with Gasteiger partial charge < -0.3 is 0 Å². The molecule has 0 aliphatic carbocycles. The van der Waals surface area contributed by atoms with Crippen molar-refractivity contribution in [1.82, 2.24) is 0 Å². The number of carbonyl (C=O) groups excluding carboxylic acids is 2. The second-order valence-electron chi connectivity index (χ2n) is 7.99. The van der Waals surface area contributed by atoms with Gasteiger partial charge in [0.2, 0.25) is 5.91 Å².